The Hall–Kier alpha value is -1.45. The summed E-state index contributed by atoms with van der Waals surface area (Å²) >= 11 is 0. The van der Waals surface area contributed by atoms with Crippen molar-refractivity contribution in [1.82, 2.24) is 0 Å². The van der Waals surface area contributed by atoms with E-state index in [1.165, 1.54) is 6.92 Å². The minimum absolute atomic E-state index is 0.216. The summed E-state index contributed by atoms with van der Waals surface area (Å²) in [6.07, 6.45) is 2.90. The van der Waals surface area contributed by atoms with Crippen molar-refractivity contribution in [3.8, 4) is 0 Å². The molecule has 0 rings (SSSR count). The molecule has 4 nitrogen and oxygen atoms in total. The zero-order valence-electron chi connectivity index (χ0n) is 8.32. The molecule has 0 aromatic heterocycles. The molecule has 4 heteroatoms. The summed E-state index contributed by atoms with van der Waals surface area (Å²) in [5, 5.41) is 8.29. The average Bonchev–Trinajstić information content (AvgIpc) is 2.09. The first-order valence-electron chi connectivity index (χ1n) is 4.44. The van der Waals surface area contributed by atoms with Gasteiger partial charge in [0.1, 0.15) is 5.78 Å². The Morgan fingerprint density at radius 2 is 1.86 bits per heavy atom. The lowest BCUT2D eigenvalue weighted by Crippen LogP contribution is -2.20. The number of hydrogen-bond donors (Lipinski definition) is 1. The van der Waals surface area contributed by atoms with Crippen molar-refractivity contribution in [2.24, 2.45) is 5.92 Å². The average molecular weight is 198 g/mol. The summed E-state index contributed by atoms with van der Waals surface area (Å²) in [4.78, 5) is 32.5. The highest BCUT2D eigenvalue weighted by atomic mass is 16.4. The summed E-state index contributed by atoms with van der Waals surface area (Å²) in [6.45, 7) is 3.21. The second kappa shape index (κ2) is 6.07. The SMILES string of the molecule is CCCC(C(C)=O)C(=O)/C=C\C(=O)O. The molecule has 0 aliphatic carbocycles. The van der Waals surface area contributed by atoms with E-state index in [4.69, 9.17) is 5.11 Å². The van der Waals surface area contributed by atoms with Crippen LogP contribution in [0.25, 0.3) is 0 Å². The largest absolute Gasteiger partial charge is 0.478 e. The van der Waals surface area contributed by atoms with E-state index in [1.54, 1.807) is 0 Å². The molecule has 0 saturated heterocycles. The Kier molecular flexibility index (Phi) is 5.44. The van der Waals surface area contributed by atoms with E-state index in [2.05, 4.69) is 0 Å². The fourth-order valence-corrected chi connectivity index (χ4v) is 1.10. The molecule has 0 aromatic carbocycles. The summed E-state index contributed by atoms with van der Waals surface area (Å²) in [6, 6.07) is 0. The first-order valence-corrected chi connectivity index (χ1v) is 4.44. The molecule has 78 valence electrons. The molecule has 14 heavy (non-hydrogen) atoms. The van der Waals surface area contributed by atoms with Crippen molar-refractivity contribution in [2.75, 3.05) is 0 Å². The van der Waals surface area contributed by atoms with Crippen LogP contribution in [0.3, 0.4) is 0 Å². The van der Waals surface area contributed by atoms with Gasteiger partial charge in [-0.05, 0) is 19.4 Å². The van der Waals surface area contributed by atoms with Crippen LogP contribution in [-0.4, -0.2) is 22.6 Å². The highest BCUT2D eigenvalue weighted by Crippen LogP contribution is 2.09. The van der Waals surface area contributed by atoms with Crippen molar-refractivity contribution >= 4 is 17.5 Å². The molecule has 0 amide bonds. The number of carboxylic acids is 1. The van der Waals surface area contributed by atoms with Crippen molar-refractivity contribution in [3.63, 3.8) is 0 Å². The zero-order valence-corrected chi connectivity index (χ0v) is 8.32. The Balaban J connectivity index is 4.44. The van der Waals surface area contributed by atoms with Crippen LogP contribution in [0.1, 0.15) is 26.7 Å². The van der Waals surface area contributed by atoms with Crippen LogP contribution in [0.2, 0.25) is 0 Å². The summed E-state index contributed by atoms with van der Waals surface area (Å²) < 4.78 is 0. The van der Waals surface area contributed by atoms with Crippen molar-refractivity contribution < 1.29 is 19.5 Å². The molecule has 0 fully saturated rings. The number of carbonyl (C=O) groups is 3. The monoisotopic (exact) mass is 198 g/mol. The molecule has 1 unspecified atom stereocenters. The van der Waals surface area contributed by atoms with E-state index in [1.807, 2.05) is 6.92 Å². The summed E-state index contributed by atoms with van der Waals surface area (Å²) in [5.74, 6) is -2.51. The van der Waals surface area contributed by atoms with Crippen LogP contribution >= 0.6 is 0 Å². The Morgan fingerprint density at radius 3 is 2.21 bits per heavy atom. The molecule has 1 N–H and O–H groups in total. The van der Waals surface area contributed by atoms with E-state index in [-0.39, 0.29) is 5.78 Å². The van der Waals surface area contributed by atoms with Gasteiger partial charge in [-0.2, -0.15) is 0 Å². The molecule has 0 spiro atoms. The molecule has 0 aliphatic rings. The van der Waals surface area contributed by atoms with Crippen LogP contribution in [0.15, 0.2) is 12.2 Å². The third-order valence-electron chi connectivity index (χ3n) is 1.80. The molecular weight excluding hydrogens is 184 g/mol. The first kappa shape index (κ1) is 12.6. The van der Waals surface area contributed by atoms with Gasteiger partial charge in [0.05, 0.1) is 5.92 Å². The van der Waals surface area contributed by atoms with Gasteiger partial charge in [0.25, 0.3) is 0 Å². The Bertz CT molecular complexity index is 265. The fraction of sp³-hybridized carbons (Fsp3) is 0.500. The summed E-state index contributed by atoms with van der Waals surface area (Å²) in [7, 11) is 0. The fourth-order valence-electron chi connectivity index (χ4n) is 1.10. The van der Waals surface area contributed by atoms with Crippen LogP contribution in [0, 0.1) is 5.92 Å². The third-order valence-corrected chi connectivity index (χ3v) is 1.80. The number of carboxylic acid groups (broad SMARTS) is 1. The minimum Gasteiger partial charge on any atom is -0.478 e. The minimum atomic E-state index is -1.18. The zero-order chi connectivity index (χ0) is 11.1. The quantitative estimate of drug-likeness (QED) is 0.514. The highest BCUT2D eigenvalue weighted by Gasteiger charge is 2.19. The van der Waals surface area contributed by atoms with Gasteiger partial charge in [0, 0.05) is 6.08 Å². The maximum atomic E-state index is 11.3. The van der Waals surface area contributed by atoms with Gasteiger partial charge < -0.3 is 5.11 Å². The van der Waals surface area contributed by atoms with Gasteiger partial charge in [0.15, 0.2) is 5.78 Å². The van der Waals surface area contributed by atoms with Gasteiger partial charge in [-0.3, -0.25) is 9.59 Å². The van der Waals surface area contributed by atoms with Gasteiger partial charge >= 0.3 is 5.97 Å². The van der Waals surface area contributed by atoms with E-state index in [9.17, 15) is 14.4 Å². The smallest absolute Gasteiger partial charge is 0.328 e. The molecule has 0 bridgehead atoms. The topological polar surface area (TPSA) is 71.4 Å². The van der Waals surface area contributed by atoms with Crippen molar-refractivity contribution in [2.45, 2.75) is 26.7 Å². The van der Waals surface area contributed by atoms with E-state index in [0.29, 0.717) is 6.42 Å². The van der Waals surface area contributed by atoms with Crippen LogP contribution < -0.4 is 0 Å². The second-order valence-electron chi connectivity index (χ2n) is 3.03. The molecule has 1 atom stereocenters. The highest BCUT2D eigenvalue weighted by molar-refractivity contribution is 6.08. The predicted molar refractivity (Wildman–Crippen MR) is 50.9 cm³/mol. The maximum Gasteiger partial charge on any atom is 0.328 e. The number of allylic oxidation sites excluding steroid dienone is 1. The standard InChI is InChI=1S/C10H14O4/c1-3-4-8(7(2)11)9(12)5-6-10(13)14/h5-6,8H,3-4H2,1-2H3,(H,13,14)/b6-5-. The number of hydrogen-bond acceptors (Lipinski definition) is 3. The Morgan fingerprint density at radius 1 is 1.29 bits per heavy atom. The predicted octanol–water partition coefficient (Wildman–Crippen LogP) is 1.20. The van der Waals surface area contributed by atoms with Crippen molar-refractivity contribution in [1.29, 1.82) is 0 Å². The van der Waals surface area contributed by atoms with Gasteiger partial charge in [0.2, 0.25) is 0 Å². The third kappa shape index (κ3) is 4.54. The molecule has 0 aromatic rings. The van der Waals surface area contributed by atoms with Crippen molar-refractivity contribution in [3.05, 3.63) is 12.2 Å². The normalized spacial score (nSPS) is 12.7. The van der Waals surface area contributed by atoms with E-state index in [0.717, 1.165) is 18.6 Å². The first-order chi connectivity index (χ1) is 6.49. The number of aliphatic carboxylic acids is 1. The lowest BCUT2D eigenvalue weighted by molar-refractivity contribution is -0.133. The van der Waals surface area contributed by atoms with Gasteiger partial charge in [-0.15, -0.1) is 0 Å². The number of Topliss-reactive ketones (excluding diaryl/α,β-unsaturated/α-hetero) is 1. The van der Waals surface area contributed by atoms with Gasteiger partial charge in [-0.1, -0.05) is 13.3 Å². The van der Waals surface area contributed by atoms with Gasteiger partial charge in [-0.25, -0.2) is 4.79 Å². The second-order valence-corrected chi connectivity index (χ2v) is 3.03. The van der Waals surface area contributed by atoms with Crippen LogP contribution in [0.4, 0.5) is 0 Å². The number of rotatable bonds is 6. The van der Waals surface area contributed by atoms with E-state index < -0.39 is 17.7 Å². The summed E-state index contributed by atoms with van der Waals surface area (Å²) in [5.41, 5.74) is 0. The molecule has 0 aliphatic heterocycles. The number of carbonyl (C=O) groups excluding carboxylic acids is 2. The lowest BCUT2D eigenvalue weighted by Gasteiger charge is -2.07. The maximum absolute atomic E-state index is 11.3. The van der Waals surface area contributed by atoms with Crippen LogP contribution in [-0.2, 0) is 14.4 Å². The molecule has 0 saturated carbocycles. The number of ketones is 2. The van der Waals surface area contributed by atoms with Crippen LogP contribution in [0.5, 0.6) is 0 Å². The van der Waals surface area contributed by atoms with E-state index >= 15 is 0 Å². The Labute approximate surface area is 82.6 Å². The molecule has 0 heterocycles. The molecule has 0 radical (unpaired) electrons. The molecular formula is C10H14O4. The lowest BCUT2D eigenvalue weighted by atomic mass is 9.94.